The number of likely N-dealkylation sites (N-methyl/N-ethyl adjacent to an activating group) is 1. The van der Waals surface area contributed by atoms with E-state index in [0.717, 1.165) is 32.2 Å². The van der Waals surface area contributed by atoms with E-state index in [1.165, 1.54) is 12.8 Å². The Morgan fingerprint density at radius 3 is 2.50 bits per heavy atom. The van der Waals surface area contributed by atoms with Crippen molar-refractivity contribution in [3.63, 3.8) is 0 Å². The van der Waals surface area contributed by atoms with Gasteiger partial charge >= 0.3 is 0 Å². The number of anilines is 2. The van der Waals surface area contributed by atoms with Crippen molar-refractivity contribution in [2.75, 3.05) is 43.4 Å². The lowest BCUT2D eigenvalue weighted by molar-refractivity contribution is 0.337. The SMILES string of the molecule is CCN(CC)c1nc(Cl)nc(NCCN(C)C2CC2)n1. The minimum Gasteiger partial charge on any atom is -0.353 e. The first-order valence-corrected chi connectivity index (χ1v) is 7.62. The van der Waals surface area contributed by atoms with Gasteiger partial charge in [-0.05, 0) is 45.3 Å². The zero-order valence-corrected chi connectivity index (χ0v) is 13.2. The normalized spacial score (nSPS) is 14.7. The predicted molar refractivity (Wildman–Crippen MR) is 82.5 cm³/mol. The Labute approximate surface area is 125 Å². The number of hydrogen-bond donors (Lipinski definition) is 1. The molecule has 0 aromatic carbocycles. The topological polar surface area (TPSA) is 57.2 Å². The molecule has 1 aliphatic carbocycles. The lowest BCUT2D eigenvalue weighted by Crippen LogP contribution is -2.28. The van der Waals surface area contributed by atoms with Crippen LogP contribution in [0.4, 0.5) is 11.9 Å². The summed E-state index contributed by atoms with van der Waals surface area (Å²) >= 11 is 5.97. The fourth-order valence-corrected chi connectivity index (χ4v) is 2.26. The number of nitrogens with one attached hydrogen (secondary N) is 1. The second-order valence-corrected chi connectivity index (χ2v) is 5.38. The molecule has 1 saturated carbocycles. The third-order valence-corrected chi connectivity index (χ3v) is 3.73. The van der Waals surface area contributed by atoms with Gasteiger partial charge in [-0.1, -0.05) is 0 Å². The van der Waals surface area contributed by atoms with Crippen molar-refractivity contribution in [3.8, 4) is 0 Å². The number of hydrogen-bond acceptors (Lipinski definition) is 6. The van der Waals surface area contributed by atoms with Crippen LogP contribution in [0.2, 0.25) is 5.28 Å². The molecule has 1 aromatic heterocycles. The maximum atomic E-state index is 5.97. The van der Waals surface area contributed by atoms with E-state index in [0.29, 0.717) is 11.9 Å². The average Bonchev–Trinajstić information content (AvgIpc) is 3.24. The third-order valence-electron chi connectivity index (χ3n) is 3.56. The van der Waals surface area contributed by atoms with Crippen molar-refractivity contribution in [3.05, 3.63) is 5.28 Å². The van der Waals surface area contributed by atoms with Crippen LogP contribution in [0.25, 0.3) is 0 Å². The molecule has 1 heterocycles. The molecule has 0 atom stereocenters. The Kier molecular flexibility index (Phi) is 5.37. The number of rotatable bonds is 8. The van der Waals surface area contributed by atoms with E-state index in [-0.39, 0.29) is 5.28 Å². The van der Waals surface area contributed by atoms with Gasteiger partial charge in [0, 0.05) is 32.2 Å². The lowest BCUT2D eigenvalue weighted by Gasteiger charge is -2.19. The van der Waals surface area contributed by atoms with Crippen LogP contribution in [0.15, 0.2) is 0 Å². The van der Waals surface area contributed by atoms with Crippen LogP contribution in [0.1, 0.15) is 26.7 Å². The molecule has 0 bridgehead atoms. The summed E-state index contributed by atoms with van der Waals surface area (Å²) in [6.45, 7) is 7.62. The Morgan fingerprint density at radius 2 is 1.90 bits per heavy atom. The molecule has 0 saturated heterocycles. The molecule has 6 nitrogen and oxygen atoms in total. The Bertz CT molecular complexity index is 433. The summed E-state index contributed by atoms with van der Waals surface area (Å²) in [5, 5.41) is 3.46. The van der Waals surface area contributed by atoms with E-state index in [9.17, 15) is 0 Å². The monoisotopic (exact) mass is 298 g/mol. The van der Waals surface area contributed by atoms with E-state index in [4.69, 9.17) is 11.6 Å². The highest BCUT2D eigenvalue weighted by Gasteiger charge is 2.25. The molecule has 20 heavy (non-hydrogen) atoms. The van der Waals surface area contributed by atoms with E-state index in [1.54, 1.807) is 0 Å². The fraction of sp³-hybridized carbons (Fsp3) is 0.769. The van der Waals surface area contributed by atoms with Crippen molar-refractivity contribution < 1.29 is 0 Å². The first-order chi connectivity index (χ1) is 9.63. The van der Waals surface area contributed by atoms with Gasteiger partial charge in [-0.2, -0.15) is 15.0 Å². The summed E-state index contributed by atoms with van der Waals surface area (Å²) in [6, 6.07) is 0.769. The molecule has 112 valence electrons. The smallest absolute Gasteiger partial charge is 0.231 e. The molecule has 0 amide bonds. The van der Waals surface area contributed by atoms with E-state index < -0.39 is 0 Å². The quantitative estimate of drug-likeness (QED) is 0.791. The van der Waals surface area contributed by atoms with Crippen molar-refractivity contribution in [1.29, 1.82) is 0 Å². The zero-order valence-electron chi connectivity index (χ0n) is 12.4. The second-order valence-electron chi connectivity index (χ2n) is 5.04. The van der Waals surface area contributed by atoms with Crippen LogP contribution in [-0.4, -0.2) is 59.1 Å². The van der Waals surface area contributed by atoms with Crippen LogP contribution in [-0.2, 0) is 0 Å². The van der Waals surface area contributed by atoms with Gasteiger partial charge in [-0.25, -0.2) is 0 Å². The van der Waals surface area contributed by atoms with Gasteiger partial charge in [0.05, 0.1) is 0 Å². The van der Waals surface area contributed by atoms with E-state index >= 15 is 0 Å². The Morgan fingerprint density at radius 1 is 1.20 bits per heavy atom. The van der Waals surface area contributed by atoms with Crippen LogP contribution in [0, 0.1) is 0 Å². The molecule has 1 aliphatic rings. The van der Waals surface area contributed by atoms with Gasteiger partial charge < -0.3 is 15.1 Å². The third kappa shape index (κ3) is 4.18. The molecule has 0 radical (unpaired) electrons. The first kappa shape index (κ1) is 15.3. The molecular formula is C13H23ClN6. The molecular weight excluding hydrogens is 276 g/mol. The molecule has 0 aliphatic heterocycles. The van der Waals surface area contributed by atoms with Crippen molar-refractivity contribution >= 4 is 23.5 Å². The van der Waals surface area contributed by atoms with E-state index in [1.807, 2.05) is 0 Å². The van der Waals surface area contributed by atoms with Gasteiger partial charge in [0.1, 0.15) is 0 Å². The maximum absolute atomic E-state index is 5.97. The zero-order chi connectivity index (χ0) is 14.5. The number of aromatic nitrogens is 3. The van der Waals surface area contributed by atoms with Gasteiger partial charge in [-0.3, -0.25) is 0 Å². The molecule has 1 fully saturated rings. The van der Waals surface area contributed by atoms with Crippen molar-refractivity contribution in [2.24, 2.45) is 0 Å². The van der Waals surface area contributed by atoms with Crippen LogP contribution < -0.4 is 10.2 Å². The summed E-state index contributed by atoms with van der Waals surface area (Å²) in [4.78, 5) is 17.1. The molecule has 1 N–H and O–H groups in total. The van der Waals surface area contributed by atoms with Gasteiger partial charge in [-0.15, -0.1) is 0 Å². The first-order valence-electron chi connectivity index (χ1n) is 7.24. The number of nitrogens with zero attached hydrogens (tertiary/aromatic N) is 5. The summed E-state index contributed by atoms with van der Waals surface area (Å²) in [6.07, 6.45) is 2.64. The highest BCUT2D eigenvalue weighted by atomic mass is 35.5. The molecule has 0 unspecified atom stereocenters. The van der Waals surface area contributed by atoms with Gasteiger partial charge in [0.15, 0.2) is 0 Å². The summed E-state index contributed by atoms with van der Waals surface area (Å²) in [5.74, 6) is 1.18. The van der Waals surface area contributed by atoms with Crippen LogP contribution in [0.3, 0.4) is 0 Å². The van der Waals surface area contributed by atoms with Crippen molar-refractivity contribution in [1.82, 2.24) is 19.9 Å². The van der Waals surface area contributed by atoms with Gasteiger partial charge in [0.25, 0.3) is 0 Å². The summed E-state index contributed by atoms with van der Waals surface area (Å²) in [5.41, 5.74) is 0. The van der Waals surface area contributed by atoms with Crippen LogP contribution >= 0.6 is 11.6 Å². The highest BCUT2D eigenvalue weighted by molar-refractivity contribution is 6.28. The lowest BCUT2D eigenvalue weighted by atomic mass is 10.5. The Balaban J connectivity index is 1.92. The minimum atomic E-state index is 0.236. The summed E-state index contributed by atoms with van der Waals surface area (Å²) < 4.78 is 0. The molecule has 1 aromatic rings. The van der Waals surface area contributed by atoms with Gasteiger partial charge in [0.2, 0.25) is 17.2 Å². The maximum Gasteiger partial charge on any atom is 0.231 e. The fourth-order valence-electron chi connectivity index (χ4n) is 2.11. The van der Waals surface area contributed by atoms with Crippen LogP contribution in [0.5, 0.6) is 0 Å². The molecule has 2 rings (SSSR count). The molecule has 0 spiro atoms. The largest absolute Gasteiger partial charge is 0.353 e. The predicted octanol–water partition coefficient (Wildman–Crippen LogP) is 1.88. The minimum absolute atomic E-state index is 0.236. The summed E-state index contributed by atoms with van der Waals surface area (Å²) in [7, 11) is 2.15. The average molecular weight is 299 g/mol. The Hall–Kier alpha value is -1.14. The second kappa shape index (κ2) is 7.04. The number of halogens is 1. The van der Waals surface area contributed by atoms with E-state index in [2.05, 4.69) is 51.0 Å². The van der Waals surface area contributed by atoms with Crippen molar-refractivity contribution in [2.45, 2.75) is 32.7 Å². The molecule has 7 heteroatoms. The standard InChI is InChI=1S/C13H23ClN6/c1-4-20(5-2)13-17-11(14)16-12(18-13)15-8-9-19(3)10-6-7-10/h10H,4-9H2,1-3H3,(H,15,16,17,18). The highest BCUT2D eigenvalue weighted by Crippen LogP contribution is 2.24.